The monoisotopic (exact) mass is 387 g/mol. The Hall–Kier alpha value is -3.42. The Morgan fingerprint density at radius 1 is 1.03 bits per heavy atom. The molecule has 3 aromatic heterocycles. The van der Waals surface area contributed by atoms with Gasteiger partial charge in [-0.3, -0.25) is 4.79 Å². The summed E-state index contributed by atoms with van der Waals surface area (Å²) in [6, 6.07) is 5.79. The van der Waals surface area contributed by atoms with Crippen molar-refractivity contribution in [3.8, 4) is 11.5 Å². The summed E-state index contributed by atoms with van der Waals surface area (Å²) in [5.41, 5.74) is 9.52. The van der Waals surface area contributed by atoms with Crippen molar-refractivity contribution in [1.82, 2.24) is 29.5 Å². The molecule has 8 heteroatoms. The molecule has 5 rings (SSSR count). The molecule has 1 fully saturated rings. The van der Waals surface area contributed by atoms with Crippen LogP contribution in [0.4, 0.5) is 0 Å². The molecule has 8 nitrogen and oxygen atoms in total. The molecule has 1 saturated carbocycles. The summed E-state index contributed by atoms with van der Waals surface area (Å²) in [5.74, 6) is 0.954. The molecule has 0 spiro atoms. The van der Waals surface area contributed by atoms with Crippen LogP contribution in [-0.2, 0) is 0 Å². The highest BCUT2D eigenvalue weighted by Gasteiger charge is 2.24. The number of benzene rings is 1. The number of hydrogen-bond donors (Lipinski definition) is 1. The highest BCUT2D eigenvalue weighted by atomic mass is 16.1. The summed E-state index contributed by atoms with van der Waals surface area (Å²) in [6.45, 7) is 1.83. The Bertz CT molecular complexity index is 1240. The van der Waals surface area contributed by atoms with E-state index in [0.717, 1.165) is 29.7 Å². The van der Waals surface area contributed by atoms with Crippen LogP contribution in [0.15, 0.2) is 30.6 Å². The largest absolute Gasteiger partial charge is 0.366 e. The Kier molecular flexibility index (Phi) is 4.19. The smallest absolute Gasteiger partial charge is 0.248 e. The van der Waals surface area contributed by atoms with E-state index < -0.39 is 5.91 Å². The van der Waals surface area contributed by atoms with Gasteiger partial charge in [0, 0.05) is 11.6 Å². The fourth-order valence-electron chi connectivity index (χ4n) is 4.16. The van der Waals surface area contributed by atoms with Crippen molar-refractivity contribution in [3.05, 3.63) is 42.0 Å². The van der Waals surface area contributed by atoms with Gasteiger partial charge in [-0.15, -0.1) is 0 Å². The fourth-order valence-corrected chi connectivity index (χ4v) is 4.16. The summed E-state index contributed by atoms with van der Waals surface area (Å²) in [7, 11) is 0. The second-order valence-corrected chi connectivity index (χ2v) is 7.55. The van der Waals surface area contributed by atoms with Crippen LogP contribution in [0.25, 0.3) is 33.7 Å². The molecular weight excluding hydrogens is 366 g/mol. The van der Waals surface area contributed by atoms with E-state index in [1.54, 1.807) is 24.5 Å². The first-order valence-electron chi connectivity index (χ1n) is 9.89. The van der Waals surface area contributed by atoms with Gasteiger partial charge in [0.05, 0.1) is 23.4 Å². The van der Waals surface area contributed by atoms with Crippen LogP contribution in [0.3, 0.4) is 0 Å². The molecular formula is C21H21N7O. The van der Waals surface area contributed by atoms with Crippen LogP contribution >= 0.6 is 0 Å². The maximum absolute atomic E-state index is 11.6. The van der Waals surface area contributed by atoms with Crippen molar-refractivity contribution < 1.29 is 4.79 Å². The van der Waals surface area contributed by atoms with Gasteiger partial charge in [0.15, 0.2) is 11.5 Å². The fraction of sp³-hybridized carbons (Fsp3) is 0.333. The quantitative estimate of drug-likeness (QED) is 0.577. The van der Waals surface area contributed by atoms with Crippen LogP contribution in [-0.4, -0.2) is 35.4 Å². The molecule has 1 aliphatic rings. The molecule has 0 saturated heterocycles. The maximum atomic E-state index is 11.6. The topological polar surface area (TPSA) is 112 Å². The second kappa shape index (κ2) is 6.88. The number of aryl methyl sites for hydroxylation is 1. The van der Waals surface area contributed by atoms with Gasteiger partial charge in [-0.1, -0.05) is 19.3 Å². The maximum Gasteiger partial charge on any atom is 0.248 e. The van der Waals surface area contributed by atoms with Gasteiger partial charge in [-0.05, 0) is 38.0 Å². The lowest BCUT2D eigenvalue weighted by molar-refractivity contribution is 0.100. The Morgan fingerprint density at radius 3 is 2.66 bits per heavy atom. The molecule has 3 heterocycles. The lowest BCUT2D eigenvalue weighted by atomic mass is 9.95. The SMILES string of the molecule is Cc1ncc2nc(-c3nc4cc(C(N)=O)ccc4n3C3CCCCC3)cnc2n1. The van der Waals surface area contributed by atoms with Gasteiger partial charge in [-0.2, -0.15) is 0 Å². The third-order valence-electron chi connectivity index (χ3n) is 5.56. The number of fused-ring (bicyclic) bond motifs is 2. The Morgan fingerprint density at radius 2 is 1.86 bits per heavy atom. The van der Waals surface area contributed by atoms with Crippen molar-refractivity contribution in [3.63, 3.8) is 0 Å². The van der Waals surface area contributed by atoms with Gasteiger partial charge < -0.3 is 10.3 Å². The van der Waals surface area contributed by atoms with E-state index in [1.807, 2.05) is 13.0 Å². The third-order valence-corrected chi connectivity index (χ3v) is 5.56. The molecule has 0 bridgehead atoms. The van der Waals surface area contributed by atoms with Crippen LogP contribution < -0.4 is 5.73 Å². The predicted octanol–water partition coefficient (Wildman–Crippen LogP) is 3.35. The van der Waals surface area contributed by atoms with Crippen molar-refractivity contribution in [2.75, 3.05) is 0 Å². The van der Waals surface area contributed by atoms with Gasteiger partial charge in [0.2, 0.25) is 5.91 Å². The number of primary amides is 1. The summed E-state index contributed by atoms with van der Waals surface area (Å²) >= 11 is 0. The van der Waals surface area contributed by atoms with Crippen LogP contribution in [0.5, 0.6) is 0 Å². The Labute approximate surface area is 167 Å². The van der Waals surface area contributed by atoms with E-state index in [4.69, 9.17) is 15.7 Å². The number of rotatable bonds is 3. The molecule has 146 valence electrons. The zero-order valence-electron chi connectivity index (χ0n) is 16.2. The normalized spacial score (nSPS) is 15.2. The van der Waals surface area contributed by atoms with Crippen LogP contribution in [0.2, 0.25) is 0 Å². The van der Waals surface area contributed by atoms with E-state index in [0.29, 0.717) is 34.3 Å². The van der Waals surface area contributed by atoms with Gasteiger partial charge in [0.25, 0.3) is 0 Å². The number of nitrogens with zero attached hydrogens (tertiary/aromatic N) is 6. The first-order valence-corrected chi connectivity index (χ1v) is 9.89. The molecule has 0 aliphatic heterocycles. The van der Waals surface area contributed by atoms with Crippen molar-refractivity contribution in [2.45, 2.75) is 45.1 Å². The molecule has 1 aliphatic carbocycles. The summed E-state index contributed by atoms with van der Waals surface area (Å²) in [5, 5.41) is 0. The predicted molar refractivity (Wildman–Crippen MR) is 109 cm³/mol. The van der Waals surface area contributed by atoms with Gasteiger partial charge in [0.1, 0.15) is 17.0 Å². The zero-order chi connectivity index (χ0) is 20.0. The third kappa shape index (κ3) is 3.10. The zero-order valence-corrected chi connectivity index (χ0v) is 16.2. The number of imidazole rings is 1. The number of aromatic nitrogens is 6. The molecule has 0 radical (unpaired) electrons. The summed E-state index contributed by atoms with van der Waals surface area (Å²) < 4.78 is 2.25. The van der Waals surface area contributed by atoms with Crippen LogP contribution in [0, 0.1) is 6.92 Å². The summed E-state index contributed by atoms with van der Waals surface area (Å²) in [6.07, 6.45) is 9.24. The lowest BCUT2D eigenvalue weighted by Gasteiger charge is -2.25. The van der Waals surface area contributed by atoms with Crippen molar-refractivity contribution in [2.24, 2.45) is 5.73 Å². The molecule has 2 N–H and O–H groups in total. The van der Waals surface area contributed by atoms with Crippen LogP contribution in [0.1, 0.15) is 54.3 Å². The highest BCUT2D eigenvalue weighted by molar-refractivity contribution is 5.96. The average molecular weight is 387 g/mol. The van der Waals surface area contributed by atoms with Crippen molar-refractivity contribution >= 4 is 28.1 Å². The van der Waals surface area contributed by atoms with E-state index in [2.05, 4.69) is 19.5 Å². The molecule has 0 unspecified atom stereocenters. The second-order valence-electron chi connectivity index (χ2n) is 7.55. The first-order chi connectivity index (χ1) is 14.1. The minimum Gasteiger partial charge on any atom is -0.366 e. The minimum atomic E-state index is -0.460. The van der Waals surface area contributed by atoms with Crippen molar-refractivity contribution in [1.29, 1.82) is 0 Å². The average Bonchev–Trinajstić information content (AvgIpc) is 3.12. The highest BCUT2D eigenvalue weighted by Crippen LogP contribution is 2.35. The Balaban J connectivity index is 1.72. The molecule has 4 aromatic rings. The lowest BCUT2D eigenvalue weighted by Crippen LogP contribution is -2.14. The minimum absolute atomic E-state index is 0.343. The first kappa shape index (κ1) is 17.7. The van der Waals surface area contributed by atoms with E-state index in [-0.39, 0.29) is 0 Å². The molecule has 1 aromatic carbocycles. The van der Waals surface area contributed by atoms with E-state index >= 15 is 0 Å². The summed E-state index contributed by atoms with van der Waals surface area (Å²) in [4.78, 5) is 34.3. The van der Waals surface area contributed by atoms with Gasteiger partial charge in [-0.25, -0.2) is 24.9 Å². The standard InChI is InChI=1S/C21H21N7O/c1-12-23-10-16-20(25-12)24-11-17(26-16)21-27-15-9-13(19(22)29)7-8-18(15)28(21)14-5-3-2-4-6-14/h7-11,14H,2-6H2,1H3,(H2,22,29). The molecule has 1 amide bonds. The van der Waals surface area contributed by atoms with E-state index in [1.165, 1.54) is 19.3 Å². The van der Waals surface area contributed by atoms with E-state index in [9.17, 15) is 4.79 Å². The number of amides is 1. The number of nitrogens with two attached hydrogens (primary N) is 1. The number of carbonyl (C=O) groups is 1. The number of carbonyl (C=O) groups excluding carboxylic acids is 1. The van der Waals surface area contributed by atoms with Gasteiger partial charge >= 0.3 is 0 Å². The molecule has 29 heavy (non-hydrogen) atoms. The molecule has 0 atom stereocenters. The number of hydrogen-bond acceptors (Lipinski definition) is 6.